The lowest BCUT2D eigenvalue weighted by Gasteiger charge is -2.22. The van der Waals surface area contributed by atoms with E-state index < -0.39 is 36.2 Å². The van der Waals surface area contributed by atoms with Gasteiger partial charge < -0.3 is 10.4 Å². The highest BCUT2D eigenvalue weighted by atomic mass is 35.5. The van der Waals surface area contributed by atoms with E-state index in [4.69, 9.17) is 11.6 Å². The van der Waals surface area contributed by atoms with Gasteiger partial charge in [0.25, 0.3) is 0 Å². The minimum absolute atomic E-state index is 0.0472. The molecular formula is C21H15ClF3N7O2. The van der Waals surface area contributed by atoms with Crippen LogP contribution in [0.25, 0.3) is 17.2 Å². The summed E-state index contributed by atoms with van der Waals surface area (Å²) in [6, 6.07) is 6.58. The van der Waals surface area contributed by atoms with E-state index in [-0.39, 0.29) is 34.2 Å². The lowest BCUT2D eigenvalue weighted by Crippen LogP contribution is -2.32. The zero-order valence-corrected chi connectivity index (χ0v) is 18.2. The summed E-state index contributed by atoms with van der Waals surface area (Å²) in [4.78, 5) is 29.6. The van der Waals surface area contributed by atoms with Crippen LogP contribution in [0, 0.1) is 0 Å². The Bertz CT molecular complexity index is 1440. The summed E-state index contributed by atoms with van der Waals surface area (Å²) in [5, 5.41) is 17.9. The van der Waals surface area contributed by atoms with Gasteiger partial charge in [-0.1, -0.05) is 23.7 Å². The summed E-state index contributed by atoms with van der Waals surface area (Å²) in [7, 11) is 0. The highest BCUT2D eigenvalue weighted by Gasteiger charge is 2.48. The largest absolute Gasteiger partial charge is 0.493 e. The van der Waals surface area contributed by atoms with Gasteiger partial charge in [-0.3, -0.25) is 4.79 Å². The van der Waals surface area contributed by atoms with Crippen LogP contribution >= 0.6 is 11.6 Å². The predicted octanol–water partition coefficient (Wildman–Crippen LogP) is 3.69. The van der Waals surface area contributed by atoms with Crippen molar-refractivity contribution in [3.8, 4) is 17.4 Å². The van der Waals surface area contributed by atoms with Gasteiger partial charge in [0, 0.05) is 17.9 Å². The second-order valence-corrected chi connectivity index (χ2v) is 8.33. The number of carbonyl (C=O) groups is 1. The number of benzene rings is 1. The molecule has 34 heavy (non-hydrogen) atoms. The normalized spacial score (nSPS) is 17.7. The number of anilines is 1. The first-order chi connectivity index (χ1) is 16.1. The molecule has 0 aliphatic carbocycles. The number of alkyl halides is 3. The number of hydrogen-bond acceptors (Lipinski definition) is 7. The summed E-state index contributed by atoms with van der Waals surface area (Å²) >= 11 is 5.96. The molecule has 13 heteroatoms. The minimum atomic E-state index is -4.38. The van der Waals surface area contributed by atoms with Gasteiger partial charge in [-0.05, 0) is 24.6 Å². The van der Waals surface area contributed by atoms with E-state index >= 15 is 0 Å². The average molecular weight is 490 g/mol. The summed E-state index contributed by atoms with van der Waals surface area (Å²) in [6.45, 7) is 1.62. The second-order valence-electron chi connectivity index (χ2n) is 7.90. The van der Waals surface area contributed by atoms with Crippen LogP contribution in [0.4, 0.5) is 19.0 Å². The first kappa shape index (κ1) is 22.0. The predicted molar refractivity (Wildman–Crippen MR) is 114 cm³/mol. The Labute approximate surface area is 194 Å². The Hall–Kier alpha value is -3.80. The maximum absolute atomic E-state index is 12.9. The first-order valence-corrected chi connectivity index (χ1v) is 10.4. The lowest BCUT2D eigenvalue weighted by atomic mass is 9.78. The van der Waals surface area contributed by atoms with Crippen LogP contribution in [-0.2, 0) is 16.6 Å². The van der Waals surface area contributed by atoms with Crippen LogP contribution in [0.5, 0.6) is 5.88 Å². The molecule has 1 unspecified atom stereocenters. The fourth-order valence-corrected chi connectivity index (χ4v) is 4.07. The van der Waals surface area contributed by atoms with E-state index in [1.165, 1.54) is 17.0 Å². The van der Waals surface area contributed by atoms with Crippen LogP contribution in [-0.4, -0.2) is 46.7 Å². The van der Waals surface area contributed by atoms with Crippen molar-refractivity contribution in [3.63, 3.8) is 0 Å². The average Bonchev–Trinajstić information content (AvgIpc) is 3.35. The van der Waals surface area contributed by atoms with E-state index in [2.05, 4.69) is 30.4 Å². The second kappa shape index (κ2) is 7.62. The molecule has 0 spiro atoms. The molecule has 1 aliphatic rings. The van der Waals surface area contributed by atoms with Crippen molar-refractivity contribution in [2.75, 3.05) is 5.32 Å². The summed E-state index contributed by atoms with van der Waals surface area (Å²) in [5.41, 5.74) is -0.279. The number of nitrogens with one attached hydrogen (secondary N) is 1. The van der Waals surface area contributed by atoms with Crippen molar-refractivity contribution in [2.24, 2.45) is 0 Å². The summed E-state index contributed by atoms with van der Waals surface area (Å²) < 4.78 is 39.6. The van der Waals surface area contributed by atoms with Crippen molar-refractivity contribution in [1.29, 1.82) is 0 Å². The SMILES string of the molecule is CC1(c2ccc(Cl)cc2)C(=O)Nc2nc(-c3cn4ncnc4c(CCC(F)(F)F)n3)nc(O)c21. The number of amides is 1. The smallest absolute Gasteiger partial charge is 0.389 e. The molecule has 1 atom stereocenters. The standard InChI is InChI=1S/C21H15ClF3N7O2/c1-20(10-2-4-11(22)5-3-10)14-16(31-19(20)34)29-15(30-18(14)33)13-8-32-17(26-9-27-32)12(28-13)6-7-21(23,24)25/h2-5,8-9H,6-7H2,1H3,(H2,29,30,31,33,34). The van der Waals surface area contributed by atoms with Gasteiger partial charge in [0.05, 0.1) is 17.5 Å². The molecule has 4 heterocycles. The fraction of sp³-hybridized carbons (Fsp3) is 0.238. The van der Waals surface area contributed by atoms with Gasteiger partial charge in [0.1, 0.15) is 23.3 Å². The Morgan fingerprint density at radius 1 is 1.18 bits per heavy atom. The zero-order valence-electron chi connectivity index (χ0n) is 17.4. The molecule has 1 aromatic carbocycles. The van der Waals surface area contributed by atoms with Gasteiger partial charge in [-0.15, -0.1) is 0 Å². The maximum atomic E-state index is 12.9. The molecule has 1 aliphatic heterocycles. The molecule has 1 amide bonds. The Kier molecular flexibility index (Phi) is 4.93. The third kappa shape index (κ3) is 3.59. The van der Waals surface area contributed by atoms with Crippen molar-refractivity contribution in [3.05, 3.63) is 58.6 Å². The molecule has 174 valence electrons. The number of rotatable bonds is 4. The molecule has 0 radical (unpaired) electrons. The Morgan fingerprint density at radius 3 is 2.62 bits per heavy atom. The third-order valence-corrected chi connectivity index (χ3v) is 5.96. The number of fused-ring (bicyclic) bond motifs is 2. The molecule has 0 fully saturated rings. The van der Waals surface area contributed by atoms with Crippen LogP contribution in [0.3, 0.4) is 0 Å². The van der Waals surface area contributed by atoms with Crippen molar-refractivity contribution >= 4 is 29.0 Å². The first-order valence-electron chi connectivity index (χ1n) is 10.0. The van der Waals surface area contributed by atoms with Crippen LogP contribution in [0.15, 0.2) is 36.8 Å². The van der Waals surface area contributed by atoms with Crippen LogP contribution in [0.2, 0.25) is 5.02 Å². The number of hydrogen-bond donors (Lipinski definition) is 2. The van der Waals surface area contributed by atoms with E-state index in [0.29, 0.717) is 10.6 Å². The number of nitrogens with zero attached hydrogens (tertiary/aromatic N) is 6. The third-order valence-electron chi connectivity index (χ3n) is 5.70. The van der Waals surface area contributed by atoms with Crippen LogP contribution < -0.4 is 5.32 Å². The minimum Gasteiger partial charge on any atom is -0.493 e. The number of aromatic nitrogens is 6. The highest BCUT2D eigenvalue weighted by Crippen LogP contribution is 2.46. The summed E-state index contributed by atoms with van der Waals surface area (Å²) in [6.07, 6.45) is -3.33. The lowest BCUT2D eigenvalue weighted by molar-refractivity contribution is -0.134. The number of halogens is 4. The van der Waals surface area contributed by atoms with Gasteiger partial charge >= 0.3 is 6.18 Å². The Balaban J connectivity index is 1.60. The Morgan fingerprint density at radius 2 is 1.91 bits per heavy atom. The van der Waals surface area contributed by atoms with E-state index in [0.717, 1.165) is 0 Å². The molecule has 0 bridgehead atoms. The van der Waals surface area contributed by atoms with Gasteiger partial charge in [0.2, 0.25) is 11.8 Å². The van der Waals surface area contributed by atoms with E-state index in [1.54, 1.807) is 31.2 Å². The zero-order chi connectivity index (χ0) is 24.3. The van der Waals surface area contributed by atoms with Crippen molar-refractivity contribution in [1.82, 2.24) is 29.5 Å². The van der Waals surface area contributed by atoms with Gasteiger partial charge in [-0.2, -0.15) is 23.3 Å². The molecule has 3 aromatic heterocycles. The molecule has 4 aromatic rings. The molecule has 0 saturated heterocycles. The van der Waals surface area contributed by atoms with E-state index in [9.17, 15) is 23.1 Å². The van der Waals surface area contributed by atoms with Gasteiger partial charge in [-0.25, -0.2) is 19.5 Å². The van der Waals surface area contributed by atoms with Crippen LogP contribution in [0.1, 0.15) is 30.2 Å². The van der Waals surface area contributed by atoms with Crippen molar-refractivity contribution in [2.45, 2.75) is 31.4 Å². The molecule has 0 saturated carbocycles. The van der Waals surface area contributed by atoms with Gasteiger partial charge in [0.15, 0.2) is 11.5 Å². The van der Waals surface area contributed by atoms with E-state index in [1.807, 2.05) is 0 Å². The maximum Gasteiger partial charge on any atom is 0.389 e. The highest BCUT2D eigenvalue weighted by molar-refractivity contribution is 6.30. The molecular weight excluding hydrogens is 475 g/mol. The molecule has 2 N–H and O–H groups in total. The number of aryl methyl sites for hydroxylation is 1. The molecule has 5 rings (SSSR count). The number of aromatic hydroxyl groups is 1. The fourth-order valence-electron chi connectivity index (χ4n) is 3.95. The number of carbonyl (C=O) groups excluding carboxylic acids is 1. The molecule has 9 nitrogen and oxygen atoms in total. The summed E-state index contributed by atoms with van der Waals surface area (Å²) in [5.74, 6) is -0.921. The topological polar surface area (TPSA) is 118 Å². The monoisotopic (exact) mass is 489 g/mol. The quantitative estimate of drug-likeness (QED) is 0.449. The van der Waals surface area contributed by atoms with Crippen molar-refractivity contribution < 1.29 is 23.1 Å².